The first-order chi connectivity index (χ1) is 7.70. The van der Waals surface area contributed by atoms with E-state index in [1.54, 1.807) is 12.1 Å². The highest BCUT2D eigenvalue weighted by molar-refractivity contribution is 8.00. The van der Waals surface area contributed by atoms with Gasteiger partial charge in [0.05, 0.1) is 4.92 Å². The average Bonchev–Trinajstić information content (AvgIpc) is 3.04. The number of hydrogen-bond acceptors (Lipinski definition) is 4. The molecule has 1 N–H and O–H groups in total. The Kier molecular flexibility index (Phi) is 3.46. The molecule has 0 saturated heterocycles. The van der Waals surface area contributed by atoms with E-state index < -0.39 is 0 Å². The van der Waals surface area contributed by atoms with E-state index in [-0.39, 0.29) is 10.6 Å². The molecule has 1 saturated carbocycles. The van der Waals surface area contributed by atoms with Crippen LogP contribution in [0.15, 0.2) is 23.1 Å². The van der Waals surface area contributed by atoms with Crippen LogP contribution < -0.4 is 5.32 Å². The predicted octanol–water partition coefficient (Wildman–Crippen LogP) is 2.57. The molecular weight excluding hydrogens is 224 g/mol. The van der Waals surface area contributed by atoms with Gasteiger partial charge in [-0.3, -0.25) is 10.1 Å². The van der Waals surface area contributed by atoms with Crippen molar-refractivity contribution in [3.63, 3.8) is 0 Å². The number of nitrogens with zero attached hydrogens (tertiary/aromatic N) is 1. The zero-order valence-corrected chi connectivity index (χ0v) is 9.92. The van der Waals surface area contributed by atoms with Crippen LogP contribution in [0.2, 0.25) is 0 Å². The standard InChI is InChI=1S/C11H14N2O2S/c1-12-7-8-6-9(13(14)15)2-5-11(8)16-10-3-4-10/h2,5-6,10,12H,3-4,7H2,1H3. The largest absolute Gasteiger partial charge is 0.316 e. The molecule has 0 unspecified atom stereocenters. The van der Waals surface area contributed by atoms with Gasteiger partial charge in [-0.2, -0.15) is 0 Å². The number of benzene rings is 1. The average molecular weight is 238 g/mol. The number of nitrogens with one attached hydrogen (secondary N) is 1. The Morgan fingerprint density at radius 2 is 2.31 bits per heavy atom. The molecule has 0 heterocycles. The molecule has 0 atom stereocenters. The van der Waals surface area contributed by atoms with Crippen LogP contribution in [0.3, 0.4) is 0 Å². The fraction of sp³-hybridized carbons (Fsp3) is 0.455. The van der Waals surface area contributed by atoms with Gasteiger partial charge in [-0.15, -0.1) is 11.8 Å². The van der Waals surface area contributed by atoms with Crippen molar-refractivity contribution in [2.75, 3.05) is 7.05 Å². The first-order valence-corrected chi connectivity index (χ1v) is 6.17. The Morgan fingerprint density at radius 1 is 1.56 bits per heavy atom. The number of hydrogen-bond donors (Lipinski definition) is 1. The molecule has 0 amide bonds. The van der Waals surface area contributed by atoms with E-state index in [0.29, 0.717) is 6.54 Å². The van der Waals surface area contributed by atoms with E-state index in [9.17, 15) is 10.1 Å². The summed E-state index contributed by atoms with van der Waals surface area (Å²) in [5.74, 6) is 0. The molecule has 4 nitrogen and oxygen atoms in total. The lowest BCUT2D eigenvalue weighted by Gasteiger charge is -2.07. The Hall–Kier alpha value is -1.07. The SMILES string of the molecule is CNCc1cc([N+](=O)[O-])ccc1SC1CC1. The zero-order chi connectivity index (χ0) is 11.5. The predicted molar refractivity (Wildman–Crippen MR) is 64.7 cm³/mol. The molecule has 1 fully saturated rings. The third kappa shape index (κ3) is 2.74. The van der Waals surface area contributed by atoms with Gasteiger partial charge in [-0.05, 0) is 31.5 Å². The first-order valence-electron chi connectivity index (χ1n) is 5.29. The fourth-order valence-corrected chi connectivity index (χ4v) is 2.65. The molecule has 0 bridgehead atoms. The summed E-state index contributed by atoms with van der Waals surface area (Å²) in [7, 11) is 1.85. The minimum absolute atomic E-state index is 0.172. The topological polar surface area (TPSA) is 55.2 Å². The molecule has 16 heavy (non-hydrogen) atoms. The van der Waals surface area contributed by atoms with Gasteiger partial charge >= 0.3 is 0 Å². The summed E-state index contributed by atoms with van der Waals surface area (Å²) in [5.41, 5.74) is 1.19. The van der Waals surface area contributed by atoms with Crippen LogP contribution >= 0.6 is 11.8 Å². The molecule has 1 aliphatic carbocycles. The summed E-state index contributed by atoms with van der Waals surface area (Å²) in [5, 5.41) is 14.4. The highest BCUT2D eigenvalue weighted by atomic mass is 32.2. The highest BCUT2D eigenvalue weighted by Gasteiger charge is 2.24. The second kappa shape index (κ2) is 4.84. The van der Waals surface area contributed by atoms with Gasteiger partial charge in [-0.25, -0.2) is 0 Å². The maximum atomic E-state index is 10.7. The number of thioether (sulfide) groups is 1. The number of nitro groups is 1. The molecule has 2 rings (SSSR count). The van der Waals surface area contributed by atoms with Gasteiger partial charge in [0.2, 0.25) is 0 Å². The Bertz CT molecular complexity index is 405. The molecule has 0 radical (unpaired) electrons. The van der Waals surface area contributed by atoms with Crippen molar-refractivity contribution < 1.29 is 4.92 Å². The van der Waals surface area contributed by atoms with E-state index in [4.69, 9.17) is 0 Å². The molecule has 86 valence electrons. The second-order valence-corrected chi connectivity index (χ2v) is 5.24. The van der Waals surface area contributed by atoms with Crippen LogP contribution in [0.4, 0.5) is 5.69 Å². The summed E-state index contributed by atoms with van der Waals surface area (Å²) < 4.78 is 0. The normalized spacial score (nSPS) is 15.1. The minimum atomic E-state index is -0.343. The Balaban J connectivity index is 2.24. The van der Waals surface area contributed by atoms with Gasteiger partial charge in [0.15, 0.2) is 0 Å². The molecule has 1 aliphatic rings. The van der Waals surface area contributed by atoms with Crippen LogP contribution in [0.25, 0.3) is 0 Å². The molecule has 0 aromatic heterocycles. The van der Waals surface area contributed by atoms with Crippen molar-refractivity contribution in [2.24, 2.45) is 0 Å². The van der Waals surface area contributed by atoms with Gasteiger partial charge in [0.25, 0.3) is 5.69 Å². The number of rotatable bonds is 5. The van der Waals surface area contributed by atoms with Crippen LogP contribution in [0, 0.1) is 10.1 Å². The summed E-state index contributed by atoms with van der Waals surface area (Å²) in [6.07, 6.45) is 2.53. The van der Waals surface area contributed by atoms with Crippen molar-refractivity contribution >= 4 is 17.4 Å². The summed E-state index contributed by atoms with van der Waals surface area (Å²) in [6, 6.07) is 5.12. The molecule has 1 aromatic rings. The third-order valence-electron chi connectivity index (χ3n) is 2.44. The van der Waals surface area contributed by atoms with E-state index >= 15 is 0 Å². The van der Waals surface area contributed by atoms with Crippen LogP contribution in [-0.4, -0.2) is 17.2 Å². The minimum Gasteiger partial charge on any atom is -0.316 e. The molecule has 1 aromatic carbocycles. The van der Waals surface area contributed by atoms with Crippen molar-refractivity contribution in [1.82, 2.24) is 5.32 Å². The third-order valence-corrected chi connectivity index (χ3v) is 3.90. The number of non-ortho nitro benzene ring substituents is 1. The fourth-order valence-electron chi connectivity index (χ4n) is 1.49. The Morgan fingerprint density at radius 3 is 2.88 bits per heavy atom. The molecule has 5 heteroatoms. The maximum Gasteiger partial charge on any atom is 0.269 e. The van der Waals surface area contributed by atoms with Gasteiger partial charge in [-0.1, -0.05) is 0 Å². The highest BCUT2D eigenvalue weighted by Crippen LogP contribution is 2.41. The maximum absolute atomic E-state index is 10.7. The van der Waals surface area contributed by atoms with Crippen molar-refractivity contribution in [2.45, 2.75) is 29.5 Å². The molecular formula is C11H14N2O2S. The number of nitro benzene ring substituents is 1. The lowest BCUT2D eigenvalue weighted by Crippen LogP contribution is -2.06. The van der Waals surface area contributed by atoms with Gasteiger partial charge in [0.1, 0.15) is 0 Å². The lowest BCUT2D eigenvalue weighted by molar-refractivity contribution is -0.385. The quantitative estimate of drug-likeness (QED) is 0.632. The monoisotopic (exact) mass is 238 g/mol. The van der Waals surface area contributed by atoms with E-state index in [2.05, 4.69) is 5.32 Å². The van der Waals surface area contributed by atoms with E-state index in [0.717, 1.165) is 10.8 Å². The summed E-state index contributed by atoms with van der Waals surface area (Å²) in [6.45, 7) is 0.677. The summed E-state index contributed by atoms with van der Waals surface area (Å²) >= 11 is 1.83. The first kappa shape index (κ1) is 11.4. The van der Waals surface area contributed by atoms with Gasteiger partial charge in [0, 0.05) is 28.8 Å². The van der Waals surface area contributed by atoms with Gasteiger partial charge < -0.3 is 5.32 Å². The molecule has 0 spiro atoms. The van der Waals surface area contributed by atoms with Crippen molar-refractivity contribution in [1.29, 1.82) is 0 Å². The van der Waals surface area contributed by atoms with E-state index in [1.165, 1.54) is 17.7 Å². The second-order valence-electron chi connectivity index (χ2n) is 3.90. The van der Waals surface area contributed by atoms with Crippen LogP contribution in [0.5, 0.6) is 0 Å². The Labute approximate surface area is 98.6 Å². The van der Waals surface area contributed by atoms with E-state index in [1.807, 2.05) is 24.9 Å². The molecule has 0 aliphatic heterocycles. The van der Waals surface area contributed by atoms with Crippen molar-refractivity contribution in [3.8, 4) is 0 Å². The summed E-state index contributed by atoms with van der Waals surface area (Å²) in [4.78, 5) is 11.5. The van der Waals surface area contributed by atoms with Crippen LogP contribution in [0.1, 0.15) is 18.4 Å². The zero-order valence-electron chi connectivity index (χ0n) is 9.10. The smallest absolute Gasteiger partial charge is 0.269 e. The van der Waals surface area contributed by atoms with Crippen molar-refractivity contribution in [3.05, 3.63) is 33.9 Å². The van der Waals surface area contributed by atoms with Crippen LogP contribution in [-0.2, 0) is 6.54 Å². The lowest BCUT2D eigenvalue weighted by atomic mass is 10.2.